The van der Waals surface area contributed by atoms with Crippen LogP contribution >= 0.6 is 12.4 Å². The number of ketones is 1. The van der Waals surface area contributed by atoms with Crippen molar-refractivity contribution in [3.8, 4) is 0 Å². The van der Waals surface area contributed by atoms with Gasteiger partial charge in [0.1, 0.15) is 5.82 Å². The van der Waals surface area contributed by atoms with Gasteiger partial charge < -0.3 is 11.1 Å². The highest BCUT2D eigenvalue weighted by molar-refractivity contribution is 6.07. The molecule has 4 nitrogen and oxygen atoms in total. The molecule has 3 N–H and O–H groups in total. The molecular formula is C13H16ClFN2O2. The Bertz CT molecular complexity index is 546. The van der Waals surface area contributed by atoms with E-state index in [1.165, 1.54) is 13.0 Å². The Hall–Kier alpha value is -1.62. The molecule has 19 heavy (non-hydrogen) atoms. The smallest absolute Gasteiger partial charge is 0.217 e. The summed E-state index contributed by atoms with van der Waals surface area (Å²) in [5, 5.41) is 2.60. The van der Waals surface area contributed by atoms with Gasteiger partial charge in [0.2, 0.25) is 5.91 Å². The van der Waals surface area contributed by atoms with Crippen LogP contribution in [0.5, 0.6) is 0 Å². The summed E-state index contributed by atoms with van der Waals surface area (Å²) in [6, 6.07) is 0.615. The van der Waals surface area contributed by atoms with Crippen LogP contribution in [0.1, 0.15) is 34.8 Å². The van der Waals surface area contributed by atoms with Crippen LogP contribution < -0.4 is 11.1 Å². The van der Waals surface area contributed by atoms with E-state index in [9.17, 15) is 14.0 Å². The van der Waals surface area contributed by atoms with Gasteiger partial charge in [0.25, 0.3) is 0 Å². The van der Waals surface area contributed by atoms with Gasteiger partial charge in [-0.1, -0.05) is 0 Å². The second-order valence-electron chi connectivity index (χ2n) is 4.58. The third-order valence-corrected chi connectivity index (χ3v) is 3.31. The number of benzene rings is 1. The number of nitrogens with two attached hydrogens (primary N) is 1. The molecule has 1 unspecified atom stereocenters. The number of halogens is 2. The lowest BCUT2D eigenvalue weighted by molar-refractivity contribution is -0.119. The van der Waals surface area contributed by atoms with Crippen LogP contribution in [-0.2, 0) is 11.2 Å². The molecule has 1 aliphatic carbocycles. The average molecular weight is 287 g/mol. The van der Waals surface area contributed by atoms with E-state index < -0.39 is 11.9 Å². The maximum atomic E-state index is 13.5. The van der Waals surface area contributed by atoms with Gasteiger partial charge in [-0.25, -0.2) is 4.39 Å². The van der Waals surface area contributed by atoms with Gasteiger partial charge in [-0.05, 0) is 37.0 Å². The Balaban J connectivity index is 0.00000180. The Morgan fingerprint density at radius 1 is 1.53 bits per heavy atom. The van der Waals surface area contributed by atoms with E-state index in [0.717, 1.165) is 0 Å². The zero-order valence-corrected chi connectivity index (χ0v) is 11.6. The molecular weight excluding hydrogens is 271 g/mol. The van der Waals surface area contributed by atoms with Gasteiger partial charge >= 0.3 is 0 Å². The van der Waals surface area contributed by atoms with Crippen molar-refractivity contribution in [1.82, 2.24) is 5.32 Å². The predicted molar refractivity (Wildman–Crippen MR) is 73.1 cm³/mol. The van der Waals surface area contributed by atoms with Crippen molar-refractivity contribution in [2.45, 2.75) is 32.7 Å². The molecule has 104 valence electrons. The first-order valence-corrected chi connectivity index (χ1v) is 5.80. The fourth-order valence-electron chi connectivity index (χ4n) is 2.40. The molecule has 0 fully saturated rings. The van der Waals surface area contributed by atoms with E-state index in [1.807, 2.05) is 0 Å². The molecule has 0 radical (unpaired) electrons. The molecule has 1 atom stereocenters. The molecule has 0 saturated carbocycles. The minimum absolute atomic E-state index is 0. The fourth-order valence-corrected chi connectivity index (χ4v) is 2.40. The number of fused-ring (bicyclic) bond motifs is 1. The van der Waals surface area contributed by atoms with Gasteiger partial charge in [0.15, 0.2) is 5.78 Å². The summed E-state index contributed by atoms with van der Waals surface area (Å²) in [5.41, 5.74) is 7.36. The number of Topliss-reactive ketones (excluding diaryl/α,β-unsaturated/α-hetero) is 1. The lowest BCUT2D eigenvalue weighted by Crippen LogP contribution is -2.43. The maximum Gasteiger partial charge on any atom is 0.217 e. The molecule has 0 saturated heterocycles. The van der Waals surface area contributed by atoms with Crippen LogP contribution in [0.15, 0.2) is 6.07 Å². The van der Waals surface area contributed by atoms with Crippen molar-refractivity contribution in [1.29, 1.82) is 0 Å². The van der Waals surface area contributed by atoms with Crippen LogP contribution in [0.4, 0.5) is 10.1 Å². The van der Waals surface area contributed by atoms with Crippen LogP contribution in [-0.4, -0.2) is 17.7 Å². The number of carbonyl (C=O) groups excluding carboxylic acids is 2. The van der Waals surface area contributed by atoms with Crippen molar-refractivity contribution < 1.29 is 14.0 Å². The predicted octanol–water partition coefficient (Wildman–Crippen LogP) is 1.77. The van der Waals surface area contributed by atoms with Crippen LogP contribution in [0.3, 0.4) is 0 Å². The van der Waals surface area contributed by atoms with Crippen LogP contribution in [0.25, 0.3) is 0 Å². The SMILES string of the molecule is CC(=O)NC1CCc2c(C)c(F)cc(N)c2C1=O.Cl. The van der Waals surface area contributed by atoms with Gasteiger partial charge in [0, 0.05) is 18.2 Å². The van der Waals surface area contributed by atoms with Crippen molar-refractivity contribution in [2.24, 2.45) is 0 Å². The number of rotatable bonds is 1. The zero-order valence-electron chi connectivity index (χ0n) is 10.7. The molecule has 6 heteroatoms. The lowest BCUT2D eigenvalue weighted by atomic mass is 9.83. The van der Waals surface area contributed by atoms with E-state index in [0.29, 0.717) is 29.5 Å². The molecule has 1 amide bonds. The quantitative estimate of drug-likeness (QED) is 0.773. The van der Waals surface area contributed by atoms with Crippen molar-refractivity contribution >= 4 is 29.8 Å². The van der Waals surface area contributed by atoms with Crippen LogP contribution in [0, 0.1) is 12.7 Å². The highest BCUT2D eigenvalue weighted by Gasteiger charge is 2.31. The molecule has 1 aromatic rings. The number of hydrogen-bond acceptors (Lipinski definition) is 3. The zero-order chi connectivity index (χ0) is 13.4. The number of carbonyl (C=O) groups is 2. The molecule has 0 aromatic heterocycles. The Kier molecular flexibility index (Phi) is 4.52. The highest BCUT2D eigenvalue weighted by atomic mass is 35.5. The van der Waals surface area contributed by atoms with Crippen molar-refractivity contribution in [3.63, 3.8) is 0 Å². The van der Waals surface area contributed by atoms with Crippen LogP contribution in [0.2, 0.25) is 0 Å². The van der Waals surface area contributed by atoms with Crippen molar-refractivity contribution in [2.75, 3.05) is 5.73 Å². The fraction of sp³-hybridized carbons (Fsp3) is 0.385. The Morgan fingerprint density at radius 3 is 2.74 bits per heavy atom. The van der Waals surface area contributed by atoms with E-state index in [2.05, 4.69) is 5.32 Å². The van der Waals surface area contributed by atoms with E-state index in [1.54, 1.807) is 6.92 Å². The molecule has 1 aliphatic rings. The first-order chi connectivity index (χ1) is 8.41. The lowest BCUT2D eigenvalue weighted by Gasteiger charge is -2.26. The summed E-state index contributed by atoms with van der Waals surface area (Å²) in [4.78, 5) is 23.2. The molecule has 1 aromatic carbocycles. The summed E-state index contributed by atoms with van der Waals surface area (Å²) in [5.74, 6) is -0.877. The van der Waals surface area contributed by atoms with Gasteiger partial charge in [-0.2, -0.15) is 0 Å². The second kappa shape index (κ2) is 5.57. The number of hydrogen-bond donors (Lipinski definition) is 2. The van der Waals surface area contributed by atoms with E-state index in [4.69, 9.17) is 5.73 Å². The van der Waals surface area contributed by atoms with E-state index >= 15 is 0 Å². The maximum absolute atomic E-state index is 13.5. The van der Waals surface area contributed by atoms with Gasteiger partial charge in [-0.3, -0.25) is 9.59 Å². The third kappa shape index (κ3) is 2.71. The molecule has 0 spiro atoms. The number of nitrogen functional groups attached to an aromatic ring is 1. The highest BCUT2D eigenvalue weighted by Crippen LogP contribution is 2.30. The first kappa shape index (κ1) is 15.4. The molecule has 0 heterocycles. The second-order valence-corrected chi connectivity index (χ2v) is 4.58. The average Bonchev–Trinajstić information content (AvgIpc) is 2.28. The van der Waals surface area contributed by atoms with Gasteiger partial charge in [-0.15, -0.1) is 12.4 Å². The minimum atomic E-state index is -0.554. The normalized spacial score (nSPS) is 17.4. The standard InChI is InChI=1S/C13H15FN2O2.ClH/c1-6-8-3-4-11(16-7(2)17)13(18)12(8)10(15)5-9(6)14;/h5,11H,3-4,15H2,1-2H3,(H,16,17);1H. The minimum Gasteiger partial charge on any atom is -0.398 e. The molecule has 0 aliphatic heterocycles. The first-order valence-electron chi connectivity index (χ1n) is 5.80. The number of amides is 1. The van der Waals surface area contributed by atoms with Crippen molar-refractivity contribution in [3.05, 3.63) is 28.6 Å². The Labute approximate surface area is 117 Å². The monoisotopic (exact) mass is 286 g/mol. The summed E-state index contributed by atoms with van der Waals surface area (Å²) in [6.07, 6.45) is 1.02. The number of anilines is 1. The topological polar surface area (TPSA) is 72.2 Å². The third-order valence-electron chi connectivity index (χ3n) is 3.31. The summed E-state index contributed by atoms with van der Waals surface area (Å²) in [6.45, 7) is 3.00. The molecule has 2 rings (SSSR count). The Morgan fingerprint density at radius 2 is 2.16 bits per heavy atom. The summed E-state index contributed by atoms with van der Waals surface area (Å²) >= 11 is 0. The summed E-state index contributed by atoms with van der Waals surface area (Å²) in [7, 11) is 0. The largest absolute Gasteiger partial charge is 0.398 e. The van der Waals surface area contributed by atoms with Gasteiger partial charge in [0.05, 0.1) is 6.04 Å². The number of nitrogens with one attached hydrogen (secondary N) is 1. The van der Waals surface area contributed by atoms with E-state index in [-0.39, 0.29) is 29.8 Å². The molecule has 0 bridgehead atoms. The summed E-state index contributed by atoms with van der Waals surface area (Å²) < 4.78 is 13.5.